The summed E-state index contributed by atoms with van der Waals surface area (Å²) >= 11 is 0. The molecule has 1 aliphatic rings. The van der Waals surface area contributed by atoms with Gasteiger partial charge in [-0.2, -0.15) is 5.26 Å². The van der Waals surface area contributed by atoms with Gasteiger partial charge in [0.25, 0.3) is 0 Å². The highest BCUT2D eigenvalue weighted by molar-refractivity contribution is 5.70. The fourth-order valence-corrected chi connectivity index (χ4v) is 3.59. The van der Waals surface area contributed by atoms with Gasteiger partial charge in [-0.25, -0.2) is 4.39 Å². The summed E-state index contributed by atoms with van der Waals surface area (Å²) in [6.07, 6.45) is 10.9. The molecule has 3 aromatic rings. The second-order valence-electron chi connectivity index (χ2n) is 7.43. The van der Waals surface area contributed by atoms with Crippen molar-refractivity contribution in [1.29, 1.82) is 5.26 Å². The monoisotopic (exact) mass is 391 g/mol. The molecule has 0 aromatic heterocycles. The lowest BCUT2D eigenvalue weighted by Gasteiger charge is -2.11. The molecule has 0 amide bonds. The van der Waals surface area contributed by atoms with Gasteiger partial charge >= 0.3 is 0 Å². The normalized spacial score (nSPS) is 13.6. The number of hydrogen-bond acceptors (Lipinski definition) is 1. The summed E-state index contributed by atoms with van der Waals surface area (Å²) in [5, 5.41) is 8.96. The van der Waals surface area contributed by atoms with Crippen LogP contribution in [0.3, 0.4) is 0 Å². The van der Waals surface area contributed by atoms with Gasteiger partial charge in [-0.15, -0.1) is 0 Å². The highest BCUT2D eigenvalue weighted by Crippen LogP contribution is 2.27. The lowest BCUT2D eigenvalue weighted by Crippen LogP contribution is -1.92. The highest BCUT2D eigenvalue weighted by Gasteiger charge is 2.07. The van der Waals surface area contributed by atoms with Gasteiger partial charge in [0.15, 0.2) is 0 Å². The first-order valence-corrected chi connectivity index (χ1v) is 10.1. The molecular weight excluding hydrogens is 369 g/mol. The summed E-state index contributed by atoms with van der Waals surface area (Å²) in [7, 11) is 0. The first kappa shape index (κ1) is 19.6. The maximum absolute atomic E-state index is 13.1. The summed E-state index contributed by atoms with van der Waals surface area (Å²) in [6.45, 7) is 0. The SMILES string of the molecule is N#CC1=CC=C(c2ccc(/C=C/Cc3ccc(-c4ccc(F)cc4)cc3)cc2)CC1. The smallest absolute Gasteiger partial charge is 0.123 e. The molecule has 4 rings (SSSR count). The molecule has 2 heteroatoms. The van der Waals surface area contributed by atoms with E-state index in [1.54, 1.807) is 12.1 Å². The summed E-state index contributed by atoms with van der Waals surface area (Å²) in [6, 6.07) is 25.8. The number of nitriles is 1. The molecule has 146 valence electrons. The molecule has 0 saturated heterocycles. The molecule has 3 aromatic carbocycles. The minimum atomic E-state index is -0.214. The van der Waals surface area contributed by atoms with E-state index < -0.39 is 0 Å². The van der Waals surface area contributed by atoms with Crippen LogP contribution in [0, 0.1) is 17.1 Å². The van der Waals surface area contributed by atoms with Crippen LogP contribution in [-0.2, 0) is 6.42 Å². The molecule has 1 aliphatic carbocycles. The van der Waals surface area contributed by atoms with Crippen LogP contribution in [0.15, 0.2) is 96.6 Å². The first-order valence-electron chi connectivity index (χ1n) is 10.1. The Morgan fingerprint density at radius 1 is 0.767 bits per heavy atom. The Hall–Kier alpha value is -3.70. The lowest BCUT2D eigenvalue weighted by molar-refractivity contribution is 0.628. The predicted octanol–water partition coefficient (Wildman–Crippen LogP) is 7.38. The van der Waals surface area contributed by atoms with Gasteiger partial charge in [0.05, 0.1) is 6.07 Å². The Morgan fingerprint density at radius 3 is 2.00 bits per heavy atom. The van der Waals surface area contributed by atoms with Crippen molar-refractivity contribution in [3.05, 3.63) is 119 Å². The highest BCUT2D eigenvalue weighted by atomic mass is 19.1. The van der Waals surface area contributed by atoms with Gasteiger partial charge in [-0.3, -0.25) is 0 Å². The molecule has 0 aliphatic heterocycles. The third kappa shape index (κ3) is 4.82. The van der Waals surface area contributed by atoms with Crippen molar-refractivity contribution in [3.8, 4) is 17.2 Å². The molecule has 0 spiro atoms. The Balaban J connectivity index is 1.36. The zero-order valence-electron chi connectivity index (χ0n) is 16.7. The average Bonchev–Trinajstić information content (AvgIpc) is 2.81. The molecule has 0 heterocycles. The van der Waals surface area contributed by atoms with E-state index in [4.69, 9.17) is 5.26 Å². The minimum absolute atomic E-state index is 0.214. The quantitative estimate of drug-likeness (QED) is 0.445. The number of nitrogens with zero attached hydrogens (tertiary/aromatic N) is 1. The van der Waals surface area contributed by atoms with Crippen molar-refractivity contribution in [3.63, 3.8) is 0 Å². The maximum atomic E-state index is 13.1. The maximum Gasteiger partial charge on any atom is 0.123 e. The minimum Gasteiger partial charge on any atom is -0.207 e. The van der Waals surface area contributed by atoms with Gasteiger partial charge in [0.1, 0.15) is 5.82 Å². The fraction of sp³-hybridized carbons (Fsp3) is 0.107. The summed E-state index contributed by atoms with van der Waals surface area (Å²) in [5.74, 6) is -0.214. The van der Waals surface area contributed by atoms with Crippen LogP contribution < -0.4 is 0 Å². The second-order valence-corrected chi connectivity index (χ2v) is 7.43. The van der Waals surface area contributed by atoms with Crippen molar-refractivity contribution in [2.24, 2.45) is 0 Å². The van der Waals surface area contributed by atoms with Crippen LogP contribution in [-0.4, -0.2) is 0 Å². The van der Waals surface area contributed by atoms with Crippen molar-refractivity contribution in [1.82, 2.24) is 0 Å². The Kier molecular flexibility index (Phi) is 6.01. The van der Waals surface area contributed by atoms with Crippen molar-refractivity contribution >= 4 is 11.6 Å². The standard InChI is InChI=1S/C28H22FN/c29-28-18-16-27(17-19-28)25-12-6-22(7-13-25)3-1-2-21-4-10-24(11-5-21)26-14-8-23(20-30)9-15-26/h1-2,4-8,10-14,16-19H,3,9,15H2/b2-1+. The van der Waals surface area contributed by atoms with Gasteiger partial charge in [0.2, 0.25) is 0 Å². The van der Waals surface area contributed by atoms with E-state index in [9.17, 15) is 4.39 Å². The number of halogens is 1. The third-order valence-corrected chi connectivity index (χ3v) is 5.37. The number of benzene rings is 3. The topological polar surface area (TPSA) is 23.8 Å². The van der Waals surface area contributed by atoms with E-state index in [1.165, 1.54) is 34.4 Å². The molecule has 1 nitrogen and oxygen atoms in total. The molecule has 0 unspecified atom stereocenters. The zero-order valence-corrected chi connectivity index (χ0v) is 16.7. The number of hydrogen-bond donors (Lipinski definition) is 0. The Morgan fingerprint density at radius 2 is 1.40 bits per heavy atom. The number of allylic oxidation sites excluding steroid dienone is 5. The molecule has 0 atom stereocenters. The summed E-state index contributed by atoms with van der Waals surface area (Å²) < 4.78 is 13.1. The van der Waals surface area contributed by atoms with Crippen LogP contribution in [0.25, 0.3) is 22.8 Å². The van der Waals surface area contributed by atoms with Gasteiger partial charge in [0, 0.05) is 5.57 Å². The fourth-order valence-electron chi connectivity index (χ4n) is 3.59. The molecular formula is C28H22FN. The van der Waals surface area contributed by atoms with E-state index in [-0.39, 0.29) is 5.82 Å². The summed E-state index contributed by atoms with van der Waals surface area (Å²) in [5.41, 5.74) is 7.87. The number of rotatable bonds is 5. The van der Waals surface area contributed by atoms with Gasteiger partial charge in [-0.1, -0.05) is 78.9 Å². The van der Waals surface area contributed by atoms with Crippen molar-refractivity contribution in [2.45, 2.75) is 19.3 Å². The molecule has 0 fully saturated rings. The first-order chi connectivity index (χ1) is 14.7. The van der Waals surface area contributed by atoms with Crippen LogP contribution in [0.2, 0.25) is 0 Å². The van der Waals surface area contributed by atoms with E-state index in [2.05, 4.69) is 72.8 Å². The average molecular weight is 391 g/mol. The van der Waals surface area contributed by atoms with Crippen molar-refractivity contribution < 1.29 is 4.39 Å². The van der Waals surface area contributed by atoms with Crippen LogP contribution in [0.4, 0.5) is 4.39 Å². The molecule has 30 heavy (non-hydrogen) atoms. The van der Waals surface area contributed by atoms with E-state index in [1.807, 2.05) is 6.08 Å². The third-order valence-electron chi connectivity index (χ3n) is 5.37. The Bertz CT molecular complexity index is 1140. The van der Waals surface area contributed by atoms with Crippen LogP contribution in [0.1, 0.15) is 29.5 Å². The summed E-state index contributed by atoms with van der Waals surface area (Å²) in [4.78, 5) is 0. The van der Waals surface area contributed by atoms with Crippen LogP contribution in [0.5, 0.6) is 0 Å². The van der Waals surface area contributed by atoms with Crippen molar-refractivity contribution in [2.75, 3.05) is 0 Å². The molecule has 0 bridgehead atoms. The van der Waals surface area contributed by atoms with Crippen LogP contribution >= 0.6 is 0 Å². The zero-order chi connectivity index (χ0) is 20.8. The molecule has 0 N–H and O–H groups in total. The van der Waals surface area contributed by atoms with Gasteiger partial charge in [-0.05, 0) is 70.9 Å². The molecule has 0 radical (unpaired) electrons. The second kappa shape index (κ2) is 9.20. The lowest BCUT2D eigenvalue weighted by atomic mass is 9.93. The van der Waals surface area contributed by atoms with E-state index in [0.717, 1.165) is 36.0 Å². The van der Waals surface area contributed by atoms with E-state index in [0.29, 0.717) is 0 Å². The Labute approximate surface area is 177 Å². The van der Waals surface area contributed by atoms with Gasteiger partial charge < -0.3 is 0 Å². The molecule has 0 saturated carbocycles. The van der Waals surface area contributed by atoms with E-state index >= 15 is 0 Å². The largest absolute Gasteiger partial charge is 0.207 e. The predicted molar refractivity (Wildman–Crippen MR) is 122 cm³/mol.